The van der Waals surface area contributed by atoms with Gasteiger partial charge in [-0.05, 0) is 46.3 Å². The normalized spacial score (nSPS) is 10.8. The molecule has 0 fully saturated rings. The van der Waals surface area contributed by atoms with Crippen molar-refractivity contribution in [2.45, 2.75) is 13.0 Å². The summed E-state index contributed by atoms with van der Waals surface area (Å²) in [5, 5.41) is 8.27. The molecule has 2 aromatic heterocycles. The van der Waals surface area contributed by atoms with Crippen molar-refractivity contribution in [3.8, 4) is 22.3 Å². The highest BCUT2D eigenvalue weighted by molar-refractivity contribution is 6.34. The van der Waals surface area contributed by atoms with E-state index in [1.807, 2.05) is 60.7 Å². The van der Waals surface area contributed by atoms with Crippen LogP contribution in [0.15, 0.2) is 97.2 Å². The number of amides is 2. The van der Waals surface area contributed by atoms with Crippen LogP contribution < -0.4 is 16.4 Å². The molecule has 188 valence electrons. The molecule has 0 bridgehead atoms. The van der Waals surface area contributed by atoms with E-state index in [4.69, 9.17) is 22.3 Å². The third kappa shape index (κ3) is 5.48. The number of anilines is 2. The third-order valence-corrected chi connectivity index (χ3v) is 6.28. The Bertz CT molecular complexity index is 1620. The Morgan fingerprint density at radius 1 is 0.868 bits per heavy atom. The maximum atomic E-state index is 12.1. The van der Waals surface area contributed by atoms with Gasteiger partial charge in [0.05, 0.1) is 12.2 Å². The van der Waals surface area contributed by atoms with Gasteiger partial charge in [0.25, 0.3) is 0 Å². The van der Waals surface area contributed by atoms with Crippen molar-refractivity contribution >= 4 is 45.7 Å². The summed E-state index contributed by atoms with van der Waals surface area (Å²) in [5.74, 6) is -0.534. The number of nitrogens with one attached hydrogen (secondary N) is 2. The van der Waals surface area contributed by atoms with Gasteiger partial charge in [0, 0.05) is 22.8 Å². The van der Waals surface area contributed by atoms with Gasteiger partial charge in [-0.3, -0.25) is 14.6 Å². The number of aromatic nitrogens is 2. The Kier molecular flexibility index (Phi) is 7.28. The molecule has 38 heavy (non-hydrogen) atoms. The quantitative estimate of drug-likeness (QED) is 0.170. The van der Waals surface area contributed by atoms with Crippen molar-refractivity contribution in [3.63, 3.8) is 0 Å². The Balaban J connectivity index is 1.65. The van der Waals surface area contributed by atoms with Gasteiger partial charge in [-0.15, -0.1) is 0 Å². The predicted octanol–water partition coefficient (Wildman–Crippen LogP) is 6.04. The number of rotatable bonds is 8. The average molecular weight is 522 g/mol. The molecule has 0 spiro atoms. The van der Waals surface area contributed by atoms with Gasteiger partial charge in [0.1, 0.15) is 17.4 Å². The average Bonchev–Trinajstić information content (AvgIpc) is 2.92. The van der Waals surface area contributed by atoms with Crippen LogP contribution >= 0.6 is 11.6 Å². The van der Waals surface area contributed by atoms with Crippen LogP contribution in [0.2, 0.25) is 5.15 Å². The number of fused-ring (bicyclic) bond motifs is 1. The molecular formula is C30H24ClN5O2. The molecule has 0 aliphatic heterocycles. The number of hydrogen-bond acceptors (Lipinski definition) is 5. The topological polar surface area (TPSA) is 110 Å². The summed E-state index contributed by atoms with van der Waals surface area (Å²) in [6.07, 6.45) is 1.36. The number of carbonyl (C=O) groups excluding carboxylic acids is 2. The number of nitrogens with zero attached hydrogens (tertiary/aromatic N) is 2. The Morgan fingerprint density at radius 2 is 1.63 bits per heavy atom. The monoisotopic (exact) mass is 521 g/mol. The molecule has 2 heterocycles. The number of halogens is 1. The second kappa shape index (κ2) is 11.1. The van der Waals surface area contributed by atoms with Crippen LogP contribution in [-0.2, 0) is 16.1 Å². The van der Waals surface area contributed by atoms with Gasteiger partial charge >= 0.3 is 0 Å². The van der Waals surface area contributed by atoms with E-state index in [0.717, 1.165) is 38.7 Å². The van der Waals surface area contributed by atoms with Gasteiger partial charge < -0.3 is 16.4 Å². The molecule has 3 aromatic carbocycles. The maximum absolute atomic E-state index is 12.1. The smallest absolute Gasteiger partial charge is 0.233 e. The molecule has 8 heteroatoms. The Morgan fingerprint density at radius 3 is 2.39 bits per heavy atom. The van der Waals surface area contributed by atoms with Crippen LogP contribution in [0.4, 0.5) is 11.5 Å². The molecule has 2 amide bonds. The van der Waals surface area contributed by atoms with Crippen LogP contribution in [0, 0.1) is 0 Å². The van der Waals surface area contributed by atoms with Crippen LogP contribution in [0.1, 0.15) is 12.1 Å². The fourth-order valence-electron chi connectivity index (χ4n) is 4.39. The van der Waals surface area contributed by atoms with Crippen molar-refractivity contribution in [2.75, 3.05) is 10.6 Å². The number of nitrogens with two attached hydrogens (primary N) is 1. The van der Waals surface area contributed by atoms with E-state index >= 15 is 0 Å². The fourth-order valence-corrected chi connectivity index (χ4v) is 4.69. The van der Waals surface area contributed by atoms with Crippen molar-refractivity contribution < 1.29 is 9.59 Å². The standard InChI is InChI=1S/C30H24ClN5O2/c31-29-27(20-10-6-12-21(16-20)35-26(38)17-25(32)37)24-14-7-13-23(19-8-2-1-3-9-19)28(24)30(36-29)34-18-22-11-4-5-15-33-22/h1-16H,17-18H2,(H2,32,37)(H,34,36)(H,35,38). The van der Waals surface area contributed by atoms with Crippen LogP contribution in [0.3, 0.4) is 0 Å². The van der Waals surface area contributed by atoms with E-state index in [1.165, 1.54) is 0 Å². The van der Waals surface area contributed by atoms with E-state index in [-0.39, 0.29) is 0 Å². The lowest BCUT2D eigenvalue weighted by Gasteiger charge is -2.18. The van der Waals surface area contributed by atoms with Crippen LogP contribution in [0.25, 0.3) is 33.0 Å². The first kappa shape index (κ1) is 24.9. The van der Waals surface area contributed by atoms with Crippen molar-refractivity contribution in [1.82, 2.24) is 9.97 Å². The number of benzene rings is 3. The molecule has 5 rings (SSSR count). The van der Waals surface area contributed by atoms with Gasteiger partial charge in [-0.2, -0.15) is 0 Å². The van der Waals surface area contributed by atoms with Gasteiger partial charge in [-0.25, -0.2) is 4.98 Å². The van der Waals surface area contributed by atoms with Gasteiger partial charge in [-0.1, -0.05) is 78.3 Å². The highest BCUT2D eigenvalue weighted by Gasteiger charge is 2.18. The Labute approximate surface area is 224 Å². The fraction of sp³-hybridized carbons (Fsp3) is 0.0667. The number of carbonyl (C=O) groups is 2. The zero-order chi connectivity index (χ0) is 26.5. The van der Waals surface area contributed by atoms with Crippen LogP contribution in [0.5, 0.6) is 0 Å². The molecule has 7 nitrogen and oxygen atoms in total. The van der Waals surface area contributed by atoms with Crippen molar-refractivity contribution in [1.29, 1.82) is 0 Å². The van der Waals surface area contributed by atoms with Crippen LogP contribution in [-0.4, -0.2) is 21.8 Å². The minimum atomic E-state index is -0.695. The number of hydrogen-bond donors (Lipinski definition) is 3. The van der Waals surface area contributed by atoms with E-state index in [0.29, 0.717) is 23.2 Å². The predicted molar refractivity (Wildman–Crippen MR) is 152 cm³/mol. The summed E-state index contributed by atoms with van der Waals surface area (Å²) in [7, 11) is 0. The first-order chi connectivity index (χ1) is 18.5. The first-order valence-electron chi connectivity index (χ1n) is 12.0. The number of primary amides is 1. The van der Waals surface area contributed by atoms with Gasteiger partial charge in [0.2, 0.25) is 11.8 Å². The van der Waals surface area contributed by atoms with E-state index < -0.39 is 18.2 Å². The molecule has 0 atom stereocenters. The minimum absolute atomic E-state index is 0.312. The molecule has 0 unspecified atom stereocenters. The summed E-state index contributed by atoms with van der Waals surface area (Å²) < 4.78 is 0. The number of pyridine rings is 2. The molecule has 5 aromatic rings. The zero-order valence-corrected chi connectivity index (χ0v) is 21.1. The Hall–Kier alpha value is -4.75. The SMILES string of the molecule is NC(=O)CC(=O)Nc1cccc(-c2c(Cl)nc(NCc3ccccn3)c3c(-c4ccccc4)cccc23)c1. The van der Waals surface area contributed by atoms with E-state index in [2.05, 4.69) is 33.8 Å². The largest absolute Gasteiger partial charge is 0.369 e. The summed E-state index contributed by atoms with van der Waals surface area (Å²) in [6.45, 7) is 0.475. The van der Waals surface area contributed by atoms with Gasteiger partial charge in [0.15, 0.2) is 0 Å². The lowest BCUT2D eigenvalue weighted by atomic mass is 9.94. The molecule has 4 N–H and O–H groups in total. The molecule has 0 radical (unpaired) electrons. The summed E-state index contributed by atoms with van der Waals surface area (Å²) in [5.41, 5.74) is 10.1. The molecule has 0 saturated carbocycles. The summed E-state index contributed by atoms with van der Waals surface area (Å²) >= 11 is 6.83. The highest BCUT2D eigenvalue weighted by atomic mass is 35.5. The highest BCUT2D eigenvalue weighted by Crippen LogP contribution is 2.42. The van der Waals surface area contributed by atoms with Crippen molar-refractivity contribution in [3.05, 3.63) is 108 Å². The van der Waals surface area contributed by atoms with E-state index in [9.17, 15) is 9.59 Å². The lowest BCUT2D eigenvalue weighted by Crippen LogP contribution is -2.21. The first-order valence-corrected chi connectivity index (χ1v) is 12.4. The third-order valence-electron chi connectivity index (χ3n) is 6.00. The second-order valence-corrected chi connectivity index (χ2v) is 9.03. The minimum Gasteiger partial charge on any atom is -0.369 e. The van der Waals surface area contributed by atoms with Crippen molar-refractivity contribution in [2.24, 2.45) is 5.73 Å². The molecule has 0 aliphatic carbocycles. The zero-order valence-electron chi connectivity index (χ0n) is 20.3. The maximum Gasteiger partial charge on any atom is 0.233 e. The lowest BCUT2D eigenvalue weighted by molar-refractivity contribution is -0.124. The summed E-state index contributed by atoms with van der Waals surface area (Å²) in [4.78, 5) is 32.4. The van der Waals surface area contributed by atoms with E-state index in [1.54, 1.807) is 18.3 Å². The molecular weight excluding hydrogens is 498 g/mol. The summed E-state index contributed by atoms with van der Waals surface area (Å²) in [6, 6.07) is 29.2. The molecule has 0 saturated heterocycles. The molecule has 0 aliphatic rings. The second-order valence-electron chi connectivity index (χ2n) is 8.67.